The van der Waals surface area contributed by atoms with Crippen LogP contribution in [0.5, 0.6) is 0 Å². The minimum absolute atomic E-state index is 0.0364. The minimum atomic E-state index is -0.335. The number of aromatic nitrogens is 4. The minimum Gasteiger partial charge on any atom is -0.382 e. The molecule has 0 aliphatic rings. The largest absolute Gasteiger partial charge is 0.382 e. The molecule has 1 atom stereocenters. The molecule has 0 fully saturated rings. The lowest BCUT2D eigenvalue weighted by molar-refractivity contribution is -0.119. The maximum Gasteiger partial charge on any atom is 0.183 e. The van der Waals surface area contributed by atoms with Crippen molar-refractivity contribution in [2.45, 2.75) is 26.7 Å². The lowest BCUT2D eigenvalue weighted by Gasteiger charge is -2.16. The van der Waals surface area contributed by atoms with Crippen LogP contribution >= 0.6 is 0 Å². The Balaban J connectivity index is 2.57. The molecule has 2 aromatic heterocycles. The van der Waals surface area contributed by atoms with Gasteiger partial charge in [-0.25, -0.2) is 15.0 Å². The summed E-state index contributed by atoms with van der Waals surface area (Å²) < 4.78 is 0. The van der Waals surface area contributed by atoms with E-state index in [1.54, 1.807) is 6.92 Å². The first-order chi connectivity index (χ1) is 8.00. The molecule has 0 bridgehead atoms. The second-order valence-electron chi connectivity index (χ2n) is 4.40. The standard InChI is InChI=1S/C11H15N5O/c1-5(2)7(6(3)17)10-15-9(12)8-11(16-10)14-4-13-8/h4-5,7H,1-3H3,(H3,12,13,14,15,16). The molecule has 6 nitrogen and oxygen atoms in total. The van der Waals surface area contributed by atoms with Crippen molar-refractivity contribution in [1.29, 1.82) is 0 Å². The molecule has 2 heterocycles. The van der Waals surface area contributed by atoms with Gasteiger partial charge >= 0.3 is 0 Å². The van der Waals surface area contributed by atoms with Crippen molar-refractivity contribution >= 4 is 22.8 Å². The number of H-pyrrole nitrogens is 1. The van der Waals surface area contributed by atoms with Gasteiger partial charge in [0.2, 0.25) is 0 Å². The Kier molecular flexibility index (Phi) is 2.79. The van der Waals surface area contributed by atoms with Gasteiger partial charge in [0.1, 0.15) is 17.1 Å². The number of carbonyl (C=O) groups is 1. The molecule has 6 heteroatoms. The fourth-order valence-electron chi connectivity index (χ4n) is 1.96. The SMILES string of the molecule is CC(=O)C(c1nc(N)c2[nH]cnc2n1)C(C)C. The first-order valence-electron chi connectivity index (χ1n) is 5.47. The molecule has 0 aromatic carbocycles. The molecule has 0 saturated heterocycles. The van der Waals surface area contributed by atoms with Gasteiger partial charge in [-0.15, -0.1) is 0 Å². The van der Waals surface area contributed by atoms with Gasteiger partial charge in [-0.1, -0.05) is 13.8 Å². The molecule has 17 heavy (non-hydrogen) atoms. The number of hydrogen-bond donors (Lipinski definition) is 2. The van der Waals surface area contributed by atoms with Crippen molar-refractivity contribution in [2.24, 2.45) is 5.92 Å². The topological polar surface area (TPSA) is 97.6 Å². The summed E-state index contributed by atoms with van der Waals surface area (Å²) in [5.41, 5.74) is 6.92. The van der Waals surface area contributed by atoms with E-state index in [4.69, 9.17) is 5.73 Å². The van der Waals surface area contributed by atoms with E-state index in [2.05, 4.69) is 19.9 Å². The van der Waals surface area contributed by atoms with Crippen molar-refractivity contribution in [1.82, 2.24) is 19.9 Å². The average Bonchev–Trinajstić information content (AvgIpc) is 2.64. The highest BCUT2D eigenvalue weighted by Gasteiger charge is 2.25. The van der Waals surface area contributed by atoms with Gasteiger partial charge < -0.3 is 10.7 Å². The van der Waals surface area contributed by atoms with Crippen LogP contribution < -0.4 is 5.73 Å². The molecule has 2 rings (SSSR count). The van der Waals surface area contributed by atoms with E-state index in [1.807, 2.05) is 13.8 Å². The van der Waals surface area contributed by atoms with E-state index in [1.165, 1.54) is 6.33 Å². The maximum atomic E-state index is 11.6. The van der Waals surface area contributed by atoms with Crippen LogP contribution in [0.4, 0.5) is 5.82 Å². The van der Waals surface area contributed by atoms with Gasteiger partial charge in [0, 0.05) is 0 Å². The number of ketones is 1. The molecule has 0 radical (unpaired) electrons. The lowest BCUT2D eigenvalue weighted by atomic mass is 9.91. The lowest BCUT2D eigenvalue weighted by Crippen LogP contribution is -2.19. The van der Waals surface area contributed by atoms with Crippen LogP contribution in [0.1, 0.15) is 32.5 Å². The van der Waals surface area contributed by atoms with Crippen molar-refractivity contribution in [2.75, 3.05) is 5.73 Å². The molecule has 1 unspecified atom stereocenters. The molecule has 0 saturated carbocycles. The Morgan fingerprint density at radius 3 is 2.71 bits per heavy atom. The second-order valence-corrected chi connectivity index (χ2v) is 4.40. The number of nitrogens with one attached hydrogen (secondary N) is 1. The zero-order valence-corrected chi connectivity index (χ0v) is 10.1. The van der Waals surface area contributed by atoms with Crippen LogP contribution in [0, 0.1) is 5.92 Å². The van der Waals surface area contributed by atoms with Crippen molar-refractivity contribution < 1.29 is 4.79 Å². The van der Waals surface area contributed by atoms with E-state index >= 15 is 0 Å². The number of aromatic amines is 1. The summed E-state index contributed by atoms with van der Waals surface area (Å²) in [5, 5.41) is 0. The molecule has 3 N–H and O–H groups in total. The van der Waals surface area contributed by atoms with Crippen LogP contribution in [0.15, 0.2) is 6.33 Å². The maximum absolute atomic E-state index is 11.6. The molecular weight excluding hydrogens is 218 g/mol. The van der Waals surface area contributed by atoms with Gasteiger partial charge in [-0.2, -0.15) is 0 Å². The summed E-state index contributed by atoms with van der Waals surface area (Å²) in [7, 11) is 0. The zero-order valence-electron chi connectivity index (χ0n) is 10.1. The van der Waals surface area contributed by atoms with E-state index in [9.17, 15) is 4.79 Å². The smallest absolute Gasteiger partial charge is 0.183 e. The third-order valence-corrected chi connectivity index (χ3v) is 2.71. The number of anilines is 1. The van der Waals surface area contributed by atoms with E-state index in [0.717, 1.165) is 0 Å². The number of hydrogen-bond acceptors (Lipinski definition) is 5. The molecular formula is C11H15N5O. The Labute approximate surface area is 98.7 Å². The monoisotopic (exact) mass is 233 g/mol. The normalized spacial score (nSPS) is 13.2. The van der Waals surface area contributed by atoms with Crippen LogP contribution in [0.2, 0.25) is 0 Å². The number of imidazole rings is 1. The first kappa shape index (κ1) is 11.5. The molecule has 2 aromatic rings. The number of fused-ring (bicyclic) bond motifs is 1. The van der Waals surface area contributed by atoms with Crippen molar-refractivity contribution in [3.63, 3.8) is 0 Å². The van der Waals surface area contributed by atoms with E-state index in [-0.39, 0.29) is 17.6 Å². The molecule has 90 valence electrons. The van der Waals surface area contributed by atoms with Gasteiger partial charge in [-0.05, 0) is 12.8 Å². The fraction of sp³-hybridized carbons (Fsp3) is 0.455. The first-order valence-corrected chi connectivity index (χ1v) is 5.47. The number of carbonyl (C=O) groups excluding carboxylic acids is 1. The summed E-state index contributed by atoms with van der Waals surface area (Å²) >= 11 is 0. The number of nitrogens with zero attached hydrogens (tertiary/aromatic N) is 3. The highest BCUT2D eigenvalue weighted by atomic mass is 16.1. The average molecular weight is 233 g/mol. The molecule has 0 aliphatic carbocycles. The number of nitrogens with two attached hydrogens (primary N) is 1. The fourth-order valence-corrected chi connectivity index (χ4v) is 1.96. The third-order valence-electron chi connectivity index (χ3n) is 2.71. The van der Waals surface area contributed by atoms with Gasteiger partial charge in [0.15, 0.2) is 11.5 Å². The van der Waals surface area contributed by atoms with Crippen molar-refractivity contribution in [3.8, 4) is 0 Å². The zero-order chi connectivity index (χ0) is 12.6. The third kappa shape index (κ3) is 1.98. The van der Waals surface area contributed by atoms with Crippen LogP contribution in [-0.4, -0.2) is 25.7 Å². The van der Waals surface area contributed by atoms with Gasteiger partial charge in [0.25, 0.3) is 0 Å². The predicted molar refractivity (Wildman–Crippen MR) is 64.4 cm³/mol. The summed E-state index contributed by atoms with van der Waals surface area (Å²) in [6, 6.07) is 0. The Morgan fingerprint density at radius 2 is 2.12 bits per heavy atom. The molecule has 0 amide bonds. The summed E-state index contributed by atoms with van der Waals surface area (Å²) in [6.07, 6.45) is 1.51. The summed E-state index contributed by atoms with van der Waals surface area (Å²) in [4.78, 5) is 27.0. The quantitative estimate of drug-likeness (QED) is 0.831. The summed E-state index contributed by atoms with van der Waals surface area (Å²) in [5.74, 6) is 0.606. The number of rotatable bonds is 3. The Bertz CT molecular complexity index is 560. The molecule has 0 aliphatic heterocycles. The van der Waals surface area contributed by atoms with Crippen LogP contribution in [0.3, 0.4) is 0 Å². The van der Waals surface area contributed by atoms with E-state index < -0.39 is 0 Å². The number of nitrogen functional groups attached to an aromatic ring is 1. The van der Waals surface area contributed by atoms with Gasteiger partial charge in [0.05, 0.1) is 12.2 Å². The Morgan fingerprint density at radius 1 is 1.41 bits per heavy atom. The Hall–Kier alpha value is -1.98. The predicted octanol–water partition coefficient (Wildman–Crippen LogP) is 1.26. The number of Topliss-reactive ketones (excluding diaryl/α,β-unsaturated/α-hetero) is 1. The highest BCUT2D eigenvalue weighted by Crippen LogP contribution is 2.25. The molecule has 0 spiro atoms. The summed E-state index contributed by atoms with van der Waals surface area (Å²) in [6.45, 7) is 5.46. The van der Waals surface area contributed by atoms with Crippen LogP contribution in [0.25, 0.3) is 11.2 Å². The highest BCUT2D eigenvalue weighted by molar-refractivity contribution is 5.85. The van der Waals surface area contributed by atoms with Crippen LogP contribution in [-0.2, 0) is 4.79 Å². The second kappa shape index (κ2) is 4.12. The van der Waals surface area contributed by atoms with Crippen molar-refractivity contribution in [3.05, 3.63) is 12.2 Å². The van der Waals surface area contributed by atoms with E-state index in [0.29, 0.717) is 22.8 Å². The van der Waals surface area contributed by atoms with Gasteiger partial charge in [-0.3, -0.25) is 4.79 Å².